The van der Waals surface area contributed by atoms with Crippen LogP contribution < -0.4 is 21.7 Å². The van der Waals surface area contributed by atoms with Gasteiger partial charge in [-0.15, -0.1) is 0 Å². The highest BCUT2D eigenvalue weighted by Gasteiger charge is 2.51. The van der Waals surface area contributed by atoms with Crippen LogP contribution in [0.4, 0.5) is 0 Å². The highest BCUT2D eigenvalue weighted by Crippen LogP contribution is 2.23. The fourth-order valence-corrected chi connectivity index (χ4v) is 3.24. The molecule has 0 bridgehead atoms. The van der Waals surface area contributed by atoms with Gasteiger partial charge in [0.2, 0.25) is 11.8 Å². The second-order valence-corrected chi connectivity index (χ2v) is 9.14. The van der Waals surface area contributed by atoms with Crippen molar-refractivity contribution in [1.29, 1.82) is 0 Å². The number of aromatic hydroxyl groups is 1. The first-order valence-electron chi connectivity index (χ1n) is 11.1. The van der Waals surface area contributed by atoms with Crippen molar-refractivity contribution in [2.24, 2.45) is 17.6 Å². The molecule has 1 saturated heterocycles. The molecule has 1 aromatic carbocycles. The second-order valence-electron chi connectivity index (χ2n) is 9.14. The molecule has 6 N–H and O–H groups in total. The summed E-state index contributed by atoms with van der Waals surface area (Å²) in [5.74, 6) is -1.79. The third-order valence-electron chi connectivity index (χ3n) is 5.07. The molecule has 0 spiro atoms. The van der Waals surface area contributed by atoms with Gasteiger partial charge in [-0.05, 0) is 36.0 Å². The van der Waals surface area contributed by atoms with E-state index >= 15 is 0 Å². The molecule has 1 heterocycles. The zero-order valence-electron chi connectivity index (χ0n) is 19.5. The van der Waals surface area contributed by atoms with E-state index in [0.717, 1.165) is 0 Å². The van der Waals surface area contributed by atoms with Gasteiger partial charge in [-0.3, -0.25) is 19.2 Å². The molecule has 4 amide bonds. The average molecular weight is 463 g/mol. The first kappa shape index (κ1) is 26.1. The molecule has 2 unspecified atom stereocenters. The van der Waals surface area contributed by atoms with Gasteiger partial charge in [0.05, 0.1) is 0 Å². The zero-order chi connectivity index (χ0) is 24.7. The van der Waals surface area contributed by atoms with Crippen molar-refractivity contribution >= 4 is 23.6 Å². The lowest BCUT2D eigenvalue weighted by molar-refractivity contribution is -0.132. The van der Waals surface area contributed by atoms with Crippen molar-refractivity contribution in [3.63, 3.8) is 0 Å². The van der Waals surface area contributed by atoms with Gasteiger partial charge in [0.15, 0.2) is 12.2 Å². The van der Waals surface area contributed by atoms with Gasteiger partial charge >= 0.3 is 0 Å². The Balaban J connectivity index is 1.99. The monoisotopic (exact) mass is 462 g/mol. The van der Waals surface area contributed by atoms with Crippen LogP contribution in [0.3, 0.4) is 0 Å². The van der Waals surface area contributed by atoms with Crippen molar-refractivity contribution in [2.75, 3.05) is 6.54 Å². The third kappa shape index (κ3) is 8.38. The highest BCUT2D eigenvalue weighted by molar-refractivity contribution is 5.97. The molecule has 4 atom stereocenters. The summed E-state index contributed by atoms with van der Waals surface area (Å²) in [5, 5.41) is 17.4. The van der Waals surface area contributed by atoms with Crippen LogP contribution in [0, 0.1) is 11.8 Å². The number of carbonyl (C=O) groups excluding carboxylic acids is 4. The van der Waals surface area contributed by atoms with Crippen LogP contribution in [-0.4, -0.2) is 59.6 Å². The molecule has 182 valence electrons. The van der Waals surface area contributed by atoms with Crippen LogP contribution in [0.2, 0.25) is 0 Å². The number of primary amides is 1. The molecule has 10 nitrogen and oxygen atoms in total. The van der Waals surface area contributed by atoms with E-state index in [-0.39, 0.29) is 29.9 Å². The zero-order valence-corrected chi connectivity index (χ0v) is 19.5. The van der Waals surface area contributed by atoms with Gasteiger partial charge in [0.1, 0.15) is 17.8 Å². The van der Waals surface area contributed by atoms with Gasteiger partial charge in [0.25, 0.3) is 11.8 Å². The van der Waals surface area contributed by atoms with Gasteiger partial charge in [-0.1, -0.05) is 39.8 Å². The van der Waals surface area contributed by atoms with Crippen LogP contribution in [0.1, 0.15) is 39.7 Å². The van der Waals surface area contributed by atoms with E-state index in [2.05, 4.69) is 16.0 Å². The second kappa shape index (κ2) is 11.6. The van der Waals surface area contributed by atoms with Crippen LogP contribution in [0.25, 0.3) is 0 Å². The Morgan fingerprint density at radius 1 is 0.939 bits per heavy atom. The molecule has 2 rings (SSSR count). The predicted molar refractivity (Wildman–Crippen MR) is 121 cm³/mol. The van der Waals surface area contributed by atoms with Gasteiger partial charge in [0, 0.05) is 13.0 Å². The molecular formula is C23H34N4O6. The minimum Gasteiger partial charge on any atom is -0.508 e. The lowest BCUT2D eigenvalue weighted by Gasteiger charge is -2.23. The van der Waals surface area contributed by atoms with Crippen LogP contribution in [0.5, 0.6) is 5.75 Å². The Labute approximate surface area is 193 Å². The summed E-state index contributed by atoms with van der Waals surface area (Å²) in [4.78, 5) is 49.5. The van der Waals surface area contributed by atoms with Crippen molar-refractivity contribution in [3.8, 4) is 5.75 Å². The lowest BCUT2D eigenvalue weighted by atomic mass is 10.0. The molecule has 0 aliphatic carbocycles. The van der Waals surface area contributed by atoms with Gasteiger partial charge in [-0.2, -0.15) is 0 Å². The Morgan fingerprint density at radius 3 is 2.09 bits per heavy atom. The molecule has 0 aromatic heterocycles. The Bertz CT molecular complexity index is 855. The van der Waals surface area contributed by atoms with E-state index in [1.807, 2.05) is 27.7 Å². The number of rotatable bonds is 12. The number of hydrogen-bond acceptors (Lipinski definition) is 6. The van der Waals surface area contributed by atoms with E-state index in [0.29, 0.717) is 18.5 Å². The van der Waals surface area contributed by atoms with Gasteiger partial charge in [-0.25, -0.2) is 0 Å². The number of amides is 4. The maximum absolute atomic E-state index is 12.9. The van der Waals surface area contributed by atoms with Crippen LogP contribution in [0.15, 0.2) is 24.3 Å². The summed E-state index contributed by atoms with van der Waals surface area (Å²) in [6.45, 7) is 8.16. The smallest absolute Gasteiger partial charge is 0.253 e. The third-order valence-corrected chi connectivity index (χ3v) is 5.07. The number of phenols is 1. The SMILES string of the molecule is CC(C)CNC(=O)C1OC1C(=O)N[C@@H](CC(C)C)C(=O)N[C@H](Cc1ccc(O)cc1)C(N)=O. The number of epoxide rings is 1. The number of nitrogens with two attached hydrogens (primary N) is 1. The number of phenolic OH excluding ortho intramolecular Hbond substituents is 1. The van der Waals surface area contributed by atoms with E-state index in [4.69, 9.17) is 10.5 Å². The fourth-order valence-electron chi connectivity index (χ4n) is 3.24. The maximum atomic E-state index is 12.9. The Hall–Kier alpha value is -3.14. The first-order valence-corrected chi connectivity index (χ1v) is 11.1. The maximum Gasteiger partial charge on any atom is 0.253 e. The van der Waals surface area contributed by atoms with E-state index in [1.165, 1.54) is 12.1 Å². The molecule has 10 heteroatoms. The van der Waals surface area contributed by atoms with Crippen molar-refractivity contribution in [3.05, 3.63) is 29.8 Å². The standard InChI is InChI=1S/C23H34N4O6/c1-12(2)9-17(27-23(32)19-18(33-19)22(31)25-11-13(3)4)21(30)26-16(20(24)29)10-14-5-7-15(28)8-6-14/h5-8,12-13,16-19,28H,9-11H2,1-4H3,(H2,24,29)(H,25,31)(H,26,30)(H,27,32)/t16-,17+,18?,19?/m1/s1. The van der Waals surface area contributed by atoms with Crippen molar-refractivity contribution < 1.29 is 29.0 Å². The molecule has 33 heavy (non-hydrogen) atoms. The molecule has 1 aliphatic heterocycles. The van der Waals surface area contributed by atoms with Crippen molar-refractivity contribution in [1.82, 2.24) is 16.0 Å². The largest absolute Gasteiger partial charge is 0.508 e. The molecular weight excluding hydrogens is 428 g/mol. The van der Waals surface area contributed by atoms with E-state index < -0.39 is 42.0 Å². The fraction of sp³-hybridized carbons (Fsp3) is 0.565. The normalized spacial score (nSPS) is 19.0. The summed E-state index contributed by atoms with van der Waals surface area (Å²) in [7, 11) is 0. The van der Waals surface area contributed by atoms with Crippen LogP contribution >= 0.6 is 0 Å². The Morgan fingerprint density at radius 2 is 1.55 bits per heavy atom. The predicted octanol–water partition coefficient (Wildman–Crippen LogP) is -0.0247. The molecule has 1 fully saturated rings. The molecule has 1 aliphatic rings. The number of nitrogens with one attached hydrogen (secondary N) is 3. The number of carbonyl (C=O) groups is 4. The number of hydrogen-bond donors (Lipinski definition) is 5. The van der Waals surface area contributed by atoms with E-state index in [9.17, 15) is 24.3 Å². The van der Waals surface area contributed by atoms with Crippen LogP contribution in [-0.2, 0) is 30.3 Å². The summed E-state index contributed by atoms with van der Waals surface area (Å²) >= 11 is 0. The lowest BCUT2D eigenvalue weighted by Crippen LogP contribution is -2.54. The molecule has 0 radical (unpaired) electrons. The van der Waals surface area contributed by atoms with Crippen molar-refractivity contribution in [2.45, 2.75) is 64.8 Å². The number of benzene rings is 1. The van der Waals surface area contributed by atoms with Gasteiger partial charge < -0.3 is 31.5 Å². The summed E-state index contributed by atoms with van der Waals surface area (Å²) in [6.07, 6.45) is -1.38. The molecule has 0 saturated carbocycles. The quantitative estimate of drug-likeness (QED) is 0.274. The highest BCUT2D eigenvalue weighted by atomic mass is 16.6. The number of ether oxygens (including phenoxy) is 1. The molecule has 1 aromatic rings. The Kier molecular flexibility index (Phi) is 9.22. The minimum absolute atomic E-state index is 0.0652. The first-order chi connectivity index (χ1) is 15.5. The minimum atomic E-state index is -1.000. The van der Waals surface area contributed by atoms with E-state index in [1.54, 1.807) is 12.1 Å². The topological polar surface area (TPSA) is 163 Å². The summed E-state index contributed by atoms with van der Waals surface area (Å²) in [5.41, 5.74) is 6.17. The summed E-state index contributed by atoms with van der Waals surface area (Å²) in [6, 6.07) is 4.27. The summed E-state index contributed by atoms with van der Waals surface area (Å²) < 4.78 is 5.22. The average Bonchev–Trinajstić information content (AvgIpc) is 3.53.